The Balaban J connectivity index is 2.11. The molecule has 0 aromatic carbocycles. The Morgan fingerprint density at radius 2 is 1.76 bits per heavy atom. The smallest absolute Gasteiger partial charge is 0.230 e. The molecule has 1 amide bonds. The second kappa shape index (κ2) is 10.3. The molecule has 1 aromatic heterocycles. The maximum Gasteiger partial charge on any atom is 0.230 e. The van der Waals surface area contributed by atoms with Gasteiger partial charge < -0.3 is 16.8 Å². The molecule has 7 heteroatoms. The molecule has 1 rings (SSSR count). The summed E-state index contributed by atoms with van der Waals surface area (Å²) in [6.45, 7) is 2.93. The fourth-order valence-electron chi connectivity index (χ4n) is 1.84. The normalized spacial score (nSPS) is 10.5. The minimum atomic E-state index is -0.0156. The van der Waals surface area contributed by atoms with Crippen LogP contribution in [0.15, 0.2) is 11.2 Å². The van der Waals surface area contributed by atoms with Crippen molar-refractivity contribution < 1.29 is 4.79 Å². The zero-order valence-corrected chi connectivity index (χ0v) is 13.4. The van der Waals surface area contributed by atoms with E-state index < -0.39 is 0 Å². The average molecular weight is 311 g/mol. The summed E-state index contributed by atoms with van der Waals surface area (Å²) < 4.78 is 0. The van der Waals surface area contributed by atoms with E-state index in [0.29, 0.717) is 16.8 Å². The van der Waals surface area contributed by atoms with E-state index in [1.807, 2.05) is 0 Å². The van der Waals surface area contributed by atoms with Crippen molar-refractivity contribution in [1.82, 2.24) is 15.3 Å². The highest BCUT2D eigenvalue weighted by molar-refractivity contribution is 7.99. The minimum absolute atomic E-state index is 0.0156. The number of nitrogens with two attached hydrogens (primary N) is 2. The molecule has 0 saturated heterocycles. The van der Waals surface area contributed by atoms with Crippen molar-refractivity contribution >= 4 is 29.3 Å². The molecule has 0 aliphatic heterocycles. The van der Waals surface area contributed by atoms with Crippen LogP contribution in [0.4, 0.5) is 11.6 Å². The summed E-state index contributed by atoms with van der Waals surface area (Å²) in [6, 6.07) is 1.49. The van der Waals surface area contributed by atoms with Crippen molar-refractivity contribution in [2.24, 2.45) is 0 Å². The monoisotopic (exact) mass is 311 g/mol. The molecule has 0 spiro atoms. The molecule has 0 aliphatic carbocycles. The summed E-state index contributed by atoms with van der Waals surface area (Å²) in [6.07, 6.45) is 7.28. The zero-order chi connectivity index (χ0) is 15.5. The molecule has 118 valence electrons. The lowest BCUT2D eigenvalue weighted by Gasteiger charge is -2.05. The third-order valence-electron chi connectivity index (χ3n) is 2.93. The third kappa shape index (κ3) is 8.39. The van der Waals surface area contributed by atoms with Crippen LogP contribution in [0.1, 0.15) is 45.4 Å². The SMILES string of the molecule is CCCCCCCCNC(=O)CSc1nc(N)cc(N)n1. The summed E-state index contributed by atoms with van der Waals surface area (Å²) in [5, 5.41) is 3.33. The van der Waals surface area contributed by atoms with Crippen molar-refractivity contribution in [3.05, 3.63) is 6.07 Å². The number of amides is 1. The fourth-order valence-corrected chi connectivity index (χ4v) is 2.54. The van der Waals surface area contributed by atoms with Gasteiger partial charge in [-0.15, -0.1) is 0 Å². The number of anilines is 2. The molecule has 0 unspecified atom stereocenters. The van der Waals surface area contributed by atoms with Gasteiger partial charge in [0.2, 0.25) is 5.91 Å². The minimum Gasteiger partial charge on any atom is -0.383 e. The van der Waals surface area contributed by atoms with E-state index in [-0.39, 0.29) is 11.7 Å². The number of nitrogen functional groups attached to an aromatic ring is 2. The van der Waals surface area contributed by atoms with Crippen LogP contribution in [0.2, 0.25) is 0 Å². The molecule has 1 heterocycles. The number of hydrogen-bond donors (Lipinski definition) is 3. The Morgan fingerprint density at radius 1 is 1.14 bits per heavy atom. The first-order chi connectivity index (χ1) is 10.1. The number of rotatable bonds is 10. The molecule has 0 aliphatic rings. The maximum absolute atomic E-state index is 11.7. The van der Waals surface area contributed by atoms with Crippen LogP contribution in [0, 0.1) is 0 Å². The van der Waals surface area contributed by atoms with Gasteiger partial charge in [0.15, 0.2) is 5.16 Å². The van der Waals surface area contributed by atoms with E-state index in [4.69, 9.17) is 11.5 Å². The van der Waals surface area contributed by atoms with Gasteiger partial charge in [-0.25, -0.2) is 9.97 Å². The van der Waals surface area contributed by atoms with Gasteiger partial charge in [0.1, 0.15) is 11.6 Å². The number of nitrogens with zero attached hydrogens (tertiary/aromatic N) is 2. The summed E-state index contributed by atoms with van der Waals surface area (Å²) in [5.74, 6) is 0.895. The second-order valence-electron chi connectivity index (χ2n) is 4.91. The number of unbranched alkanes of at least 4 members (excludes halogenated alkanes) is 5. The molecule has 0 radical (unpaired) electrons. The summed E-state index contributed by atoms with van der Waals surface area (Å²) in [5.41, 5.74) is 11.1. The summed E-state index contributed by atoms with van der Waals surface area (Å²) in [7, 11) is 0. The number of thioether (sulfide) groups is 1. The highest BCUT2D eigenvalue weighted by Gasteiger charge is 2.06. The molecule has 0 fully saturated rings. The van der Waals surface area contributed by atoms with Gasteiger partial charge in [-0.1, -0.05) is 50.8 Å². The molecular formula is C14H25N5OS. The van der Waals surface area contributed by atoms with E-state index in [1.165, 1.54) is 49.9 Å². The fraction of sp³-hybridized carbons (Fsp3) is 0.643. The van der Waals surface area contributed by atoms with Crippen LogP contribution in [0.5, 0.6) is 0 Å². The van der Waals surface area contributed by atoms with E-state index in [1.54, 1.807) is 0 Å². The summed E-state index contributed by atoms with van der Waals surface area (Å²) >= 11 is 1.24. The van der Waals surface area contributed by atoms with Crippen molar-refractivity contribution in [2.45, 2.75) is 50.6 Å². The Hall–Kier alpha value is -1.50. The Labute approximate surface area is 130 Å². The molecular weight excluding hydrogens is 286 g/mol. The van der Waals surface area contributed by atoms with E-state index in [9.17, 15) is 4.79 Å². The lowest BCUT2D eigenvalue weighted by atomic mass is 10.1. The van der Waals surface area contributed by atoms with Gasteiger partial charge in [0.25, 0.3) is 0 Å². The number of nitrogens with one attached hydrogen (secondary N) is 1. The van der Waals surface area contributed by atoms with Crippen LogP contribution in [-0.2, 0) is 4.79 Å². The lowest BCUT2D eigenvalue weighted by molar-refractivity contribution is -0.118. The molecule has 6 nitrogen and oxygen atoms in total. The first-order valence-corrected chi connectivity index (χ1v) is 8.40. The first-order valence-electron chi connectivity index (χ1n) is 7.41. The quantitative estimate of drug-likeness (QED) is 0.347. The molecule has 1 aromatic rings. The van der Waals surface area contributed by atoms with Crippen LogP contribution in [-0.4, -0.2) is 28.2 Å². The molecule has 0 saturated carbocycles. The van der Waals surface area contributed by atoms with Crippen molar-refractivity contribution in [3.63, 3.8) is 0 Å². The van der Waals surface area contributed by atoms with Crippen LogP contribution in [0.25, 0.3) is 0 Å². The Bertz CT molecular complexity index is 421. The predicted molar refractivity (Wildman–Crippen MR) is 88.0 cm³/mol. The predicted octanol–water partition coefficient (Wildman–Crippen LogP) is 2.21. The number of carbonyl (C=O) groups excluding carboxylic acids is 1. The first kappa shape index (κ1) is 17.6. The topological polar surface area (TPSA) is 107 Å². The Kier molecular flexibility index (Phi) is 8.57. The van der Waals surface area contributed by atoms with Gasteiger partial charge >= 0.3 is 0 Å². The highest BCUT2D eigenvalue weighted by atomic mass is 32.2. The third-order valence-corrected chi connectivity index (χ3v) is 3.78. The van der Waals surface area contributed by atoms with E-state index in [2.05, 4.69) is 22.2 Å². The van der Waals surface area contributed by atoms with Crippen molar-refractivity contribution in [1.29, 1.82) is 0 Å². The van der Waals surface area contributed by atoms with E-state index >= 15 is 0 Å². The number of carbonyl (C=O) groups is 1. The molecule has 5 N–H and O–H groups in total. The molecule has 21 heavy (non-hydrogen) atoms. The molecule has 0 atom stereocenters. The second-order valence-corrected chi connectivity index (χ2v) is 5.85. The van der Waals surface area contributed by atoms with Crippen LogP contribution in [0.3, 0.4) is 0 Å². The maximum atomic E-state index is 11.7. The van der Waals surface area contributed by atoms with Crippen molar-refractivity contribution in [2.75, 3.05) is 23.8 Å². The van der Waals surface area contributed by atoms with Gasteiger partial charge in [0.05, 0.1) is 5.75 Å². The van der Waals surface area contributed by atoms with E-state index in [0.717, 1.165) is 13.0 Å². The highest BCUT2D eigenvalue weighted by Crippen LogP contribution is 2.15. The van der Waals surface area contributed by atoms with Gasteiger partial charge in [0, 0.05) is 12.6 Å². The average Bonchev–Trinajstić information content (AvgIpc) is 2.43. The zero-order valence-electron chi connectivity index (χ0n) is 12.6. The Morgan fingerprint density at radius 3 is 2.43 bits per heavy atom. The summed E-state index contributed by atoms with van der Waals surface area (Å²) in [4.78, 5) is 19.7. The largest absolute Gasteiger partial charge is 0.383 e. The molecule has 0 bridgehead atoms. The number of aromatic nitrogens is 2. The standard InChI is InChI=1S/C14H25N5OS/c1-2-3-4-5-6-7-8-17-13(20)10-21-14-18-11(15)9-12(16)19-14/h9H,2-8,10H2,1H3,(H,17,20)(H4,15,16,18,19). The van der Waals surface area contributed by atoms with Gasteiger partial charge in [-0.3, -0.25) is 4.79 Å². The lowest BCUT2D eigenvalue weighted by Crippen LogP contribution is -2.26. The van der Waals surface area contributed by atoms with Crippen LogP contribution >= 0.6 is 11.8 Å². The van der Waals surface area contributed by atoms with Gasteiger partial charge in [-0.2, -0.15) is 0 Å². The van der Waals surface area contributed by atoms with Crippen molar-refractivity contribution in [3.8, 4) is 0 Å². The number of hydrogen-bond acceptors (Lipinski definition) is 6. The van der Waals surface area contributed by atoms with Gasteiger partial charge in [-0.05, 0) is 6.42 Å². The van der Waals surface area contributed by atoms with Crippen LogP contribution < -0.4 is 16.8 Å².